The Kier molecular flexibility index (Phi) is 8.91. The zero-order chi connectivity index (χ0) is 28.9. The molecular weight excluding hydrogens is 496 g/mol. The summed E-state index contributed by atoms with van der Waals surface area (Å²) in [7, 11) is 0. The van der Waals surface area contributed by atoms with Crippen LogP contribution in [0.3, 0.4) is 0 Å². The molecule has 39 heavy (non-hydrogen) atoms. The molecule has 1 aromatic heterocycles. The van der Waals surface area contributed by atoms with Crippen LogP contribution >= 0.6 is 0 Å². The number of ether oxygens (including phenoxy) is 1. The zero-order valence-electron chi connectivity index (χ0n) is 23.1. The summed E-state index contributed by atoms with van der Waals surface area (Å²) in [6.07, 6.45) is 1.57. The number of rotatable bonds is 5. The largest absolute Gasteiger partial charge is 0.507 e. The lowest BCUT2D eigenvalue weighted by Gasteiger charge is -2.26. The number of carbonyl (C=O) groups is 3. The number of ketones is 1. The number of aliphatic hydroxyl groups is 1. The van der Waals surface area contributed by atoms with Crippen LogP contribution in [0.15, 0.2) is 72.4 Å². The summed E-state index contributed by atoms with van der Waals surface area (Å²) in [6, 6.07) is 17.4. The van der Waals surface area contributed by atoms with Gasteiger partial charge in [0.1, 0.15) is 17.3 Å². The minimum atomic E-state index is -0.833. The smallest absolute Gasteiger partial charge is 0.301 e. The van der Waals surface area contributed by atoms with Crippen molar-refractivity contribution in [3.05, 3.63) is 94.7 Å². The van der Waals surface area contributed by atoms with Gasteiger partial charge in [-0.25, -0.2) is 4.98 Å². The first-order chi connectivity index (χ1) is 18.4. The molecule has 1 amide bonds. The van der Waals surface area contributed by atoms with E-state index in [0.717, 1.165) is 18.1 Å². The van der Waals surface area contributed by atoms with Crippen LogP contribution in [-0.4, -0.2) is 39.5 Å². The minimum absolute atomic E-state index is 0.0384. The van der Waals surface area contributed by atoms with E-state index in [4.69, 9.17) is 14.6 Å². The number of nitrogens with zero attached hydrogens (tertiary/aromatic N) is 2. The van der Waals surface area contributed by atoms with Crippen LogP contribution in [0.2, 0.25) is 0 Å². The van der Waals surface area contributed by atoms with Crippen molar-refractivity contribution in [3.8, 4) is 5.75 Å². The van der Waals surface area contributed by atoms with Gasteiger partial charge in [-0.15, -0.1) is 0 Å². The van der Waals surface area contributed by atoms with Crippen LogP contribution in [0.4, 0.5) is 5.82 Å². The quantitative estimate of drug-likeness (QED) is 0.243. The lowest BCUT2D eigenvalue weighted by molar-refractivity contribution is -0.134. The molecule has 1 atom stereocenters. The van der Waals surface area contributed by atoms with Crippen molar-refractivity contribution >= 4 is 29.2 Å². The molecule has 0 spiro atoms. The monoisotopic (exact) mass is 530 g/mol. The lowest BCUT2D eigenvalue weighted by Crippen LogP contribution is -2.30. The second kappa shape index (κ2) is 11.9. The maximum atomic E-state index is 13.3. The first-order valence-corrected chi connectivity index (χ1v) is 12.6. The fourth-order valence-corrected chi connectivity index (χ4v) is 4.35. The van der Waals surface area contributed by atoms with Gasteiger partial charge in [0.2, 0.25) is 0 Å². The van der Waals surface area contributed by atoms with Crippen LogP contribution < -0.4 is 9.64 Å². The third-order valence-corrected chi connectivity index (χ3v) is 6.20. The number of aliphatic carboxylic acids is 1. The highest BCUT2D eigenvalue weighted by atomic mass is 16.5. The van der Waals surface area contributed by atoms with E-state index in [1.807, 2.05) is 38.1 Å². The van der Waals surface area contributed by atoms with Crippen molar-refractivity contribution in [3.63, 3.8) is 0 Å². The molecule has 204 valence electrons. The number of carboxylic acids is 1. The van der Waals surface area contributed by atoms with Crippen LogP contribution in [0.5, 0.6) is 5.75 Å². The standard InChI is InChI=1S/C29H30N2O4.C2H4O2/c1-6-35-21-14-15-22(18(2)17-21)26(32)24-25(19-10-12-20(13-11-19)29(3,4)5)31(28(34)27(24)33)23-9-7-8-16-30-23;1-2(3)4/h7-17,25,32H,6H2,1-5H3;1H3,(H,3,4). The highest BCUT2D eigenvalue weighted by Crippen LogP contribution is 2.42. The SMILES string of the molecule is CC(=O)O.CCOc1ccc(C(O)=C2C(=O)C(=O)N(c3ccccn3)C2c2ccc(C(C)(C)C)cc2)c(C)c1. The summed E-state index contributed by atoms with van der Waals surface area (Å²) in [5, 5.41) is 18.8. The molecule has 1 aliphatic heterocycles. The molecule has 1 saturated heterocycles. The van der Waals surface area contributed by atoms with Crippen LogP contribution in [-0.2, 0) is 19.8 Å². The number of hydrogen-bond donors (Lipinski definition) is 2. The number of Topliss-reactive ketones (excluding diaryl/α,β-unsaturated/α-hetero) is 1. The van der Waals surface area contributed by atoms with Gasteiger partial charge in [0.15, 0.2) is 0 Å². The Morgan fingerprint density at radius 2 is 1.67 bits per heavy atom. The number of anilines is 1. The number of pyridine rings is 1. The van der Waals surface area contributed by atoms with Gasteiger partial charge in [0.25, 0.3) is 11.8 Å². The van der Waals surface area contributed by atoms with Crippen LogP contribution in [0.25, 0.3) is 5.76 Å². The molecule has 8 nitrogen and oxygen atoms in total. The van der Waals surface area contributed by atoms with E-state index in [1.165, 1.54) is 4.90 Å². The maximum Gasteiger partial charge on any atom is 0.301 e. The lowest BCUT2D eigenvalue weighted by atomic mass is 9.85. The normalized spacial score (nSPS) is 16.5. The molecule has 8 heteroatoms. The summed E-state index contributed by atoms with van der Waals surface area (Å²) >= 11 is 0. The molecule has 0 saturated carbocycles. The molecule has 1 fully saturated rings. The van der Waals surface area contributed by atoms with Gasteiger partial charge in [0.05, 0.1) is 18.2 Å². The van der Waals surface area contributed by atoms with E-state index in [0.29, 0.717) is 29.3 Å². The summed E-state index contributed by atoms with van der Waals surface area (Å²) in [5.74, 6) is -1.50. The molecular formula is C31H34N2O6. The Balaban J connectivity index is 0.000000983. The third kappa shape index (κ3) is 6.52. The van der Waals surface area contributed by atoms with Gasteiger partial charge in [-0.2, -0.15) is 0 Å². The Morgan fingerprint density at radius 3 is 2.18 bits per heavy atom. The average molecular weight is 531 g/mol. The Morgan fingerprint density at radius 1 is 1.03 bits per heavy atom. The summed E-state index contributed by atoms with van der Waals surface area (Å²) in [5.41, 5.74) is 3.03. The molecule has 2 heterocycles. The highest BCUT2D eigenvalue weighted by molar-refractivity contribution is 6.51. The number of benzene rings is 2. The van der Waals surface area contributed by atoms with Crippen molar-refractivity contribution in [2.24, 2.45) is 0 Å². The second-order valence-electron chi connectivity index (χ2n) is 10.2. The van der Waals surface area contributed by atoms with Crippen molar-refractivity contribution in [2.75, 3.05) is 11.5 Å². The van der Waals surface area contributed by atoms with Crippen molar-refractivity contribution in [1.29, 1.82) is 0 Å². The molecule has 2 N–H and O–H groups in total. The van der Waals surface area contributed by atoms with Gasteiger partial charge >= 0.3 is 5.91 Å². The van der Waals surface area contributed by atoms with Crippen LogP contribution in [0.1, 0.15) is 62.9 Å². The van der Waals surface area contributed by atoms with Gasteiger partial charge < -0.3 is 14.9 Å². The van der Waals surface area contributed by atoms with E-state index < -0.39 is 23.7 Å². The predicted molar refractivity (Wildman–Crippen MR) is 150 cm³/mol. The van der Waals surface area contributed by atoms with Gasteiger partial charge in [-0.1, -0.05) is 51.1 Å². The number of hydrogen-bond acceptors (Lipinski definition) is 6. The van der Waals surface area contributed by atoms with E-state index in [-0.39, 0.29) is 16.7 Å². The predicted octanol–water partition coefficient (Wildman–Crippen LogP) is 5.80. The molecule has 3 aromatic rings. The maximum absolute atomic E-state index is 13.3. The summed E-state index contributed by atoms with van der Waals surface area (Å²) in [4.78, 5) is 41.3. The van der Waals surface area contributed by atoms with Gasteiger partial charge in [-0.05, 0) is 66.3 Å². The number of aryl methyl sites for hydroxylation is 1. The van der Waals surface area contributed by atoms with E-state index in [2.05, 4.69) is 25.8 Å². The van der Waals surface area contributed by atoms with E-state index in [9.17, 15) is 14.7 Å². The van der Waals surface area contributed by atoms with Crippen molar-refractivity contribution < 1.29 is 29.3 Å². The number of carboxylic acid groups (broad SMARTS) is 1. The number of amides is 1. The van der Waals surface area contributed by atoms with Crippen molar-refractivity contribution in [2.45, 2.75) is 53.0 Å². The first kappa shape index (κ1) is 29.1. The Hall–Kier alpha value is -4.46. The highest BCUT2D eigenvalue weighted by Gasteiger charge is 2.47. The van der Waals surface area contributed by atoms with Crippen molar-refractivity contribution in [1.82, 2.24) is 4.98 Å². The minimum Gasteiger partial charge on any atom is -0.507 e. The molecule has 1 unspecified atom stereocenters. The number of aliphatic hydroxyl groups excluding tert-OH is 1. The molecule has 1 aliphatic rings. The summed E-state index contributed by atoms with van der Waals surface area (Å²) < 4.78 is 5.55. The van der Waals surface area contributed by atoms with E-state index in [1.54, 1.807) is 42.6 Å². The Labute approximate surface area is 228 Å². The first-order valence-electron chi connectivity index (χ1n) is 12.6. The average Bonchev–Trinajstić information content (AvgIpc) is 3.14. The van der Waals surface area contributed by atoms with Gasteiger partial charge in [-0.3, -0.25) is 19.3 Å². The number of aromatic nitrogens is 1. The zero-order valence-corrected chi connectivity index (χ0v) is 23.1. The van der Waals surface area contributed by atoms with Gasteiger partial charge in [0, 0.05) is 18.7 Å². The molecule has 0 radical (unpaired) electrons. The fraction of sp³-hybridized carbons (Fsp3) is 0.290. The topological polar surface area (TPSA) is 117 Å². The number of carbonyl (C=O) groups excluding carboxylic acids is 2. The fourth-order valence-electron chi connectivity index (χ4n) is 4.35. The molecule has 0 bridgehead atoms. The molecule has 4 rings (SSSR count). The Bertz CT molecular complexity index is 1380. The van der Waals surface area contributed by atoms with E-state index >= 15 is 0 Å². The summed E-state index contributed by atoms with van der Waals surface area (Å²) in [6.45, 7) is 11.7. The third-order valence-electron chi connectivity index (χ3n) is 6.20. The second-order valence-corrected chi connectivity index (χ2v) is 10.2. The van der Waals surface area contributed by atoms with Crippen LogP contribution in [0, 0.1) is 6.92 Å². The molecule has 2 aromatic carbocycles. The molecule has 0 aliphatic carbocycles.